The second-order valence-corrected chi connectivity index (χ2v) is 16.4. The van der Waals surface area contributed by atoms with E-state index in [1.807, 2.05) is 66.7 Å². The molecule has 0 radical (unpaired) electrons. The maximum atomic E-state index is 7.27. The molecular formula is C57H37BN6O. The zero-order valence-corrected chi connectivity index (χ0v) is 35.0. The van der Waals surface area contributed by atoms with Crippen LogP contribution in [0.1, 0.15) is 0 Å². The lowest BCUT2D eigenvalue weighted by Gasteiger charge is -2.46. The lowest BCUT2D eigenvalue weighted by molar-refractivity contribution is 0.478. The van der Waals surface area contributed by atoms with Crippen LogP contribution in [-0.2, 0) is 0 Å². The molecule has 0 unspecified atom stereocenters. The minimum Gasteiger partial charge on any atom is -0.451 e. The number of hydrogen-bond acceptors (Lipinski definition) is 7. The summed E-state index contributed by atoms with van der Waals surface area (Å²) < 4.78 is 7.27. The van der Waals surface area contributed by atoms with Gasteiger partial charge >= 0.3 is 0 Å². The number of rotatable bonds is 6. The van der Waals surface area contributed by atoms with Crippen molar-refractivity contribution in [2.24, 2.45) is 0 Å². The second-order valence-electron chi connectivity index (χ2n) is 16.4. The predicted molar refractivity (Wildman–Crippen MR) is 265 cm³/mol. The lowest BCUT2D eigenvalue weighted by Crippen LogP contribution is -2.61. The van der Waals surface area contributed by atoms with Gasteiger partial charge < -0.3 is 19.4 Å². The van der Waals surface area contributed by atoms with Gasteiger partial charge in [-0.05, 0) is 95.3 Å². The molecule has 1 aromatic heterocycles. The third-order valence-corrected chi connectivity index (χ3v) is 12.7. The monoisotopic (exact) mass is 832 g/mol. The van der Waals surface area contributed by atoms with E-state index in [0.717, 1.165) is 79.4 Å². The van der Waals surface area contributed by atoms with Gasteiger partial charge in [-0.3, -0.25) is 0 Å². The molecule has 0 bridgehead atoms. The van der Waals surface area contributed by atoms with Crippen LogP contribution < -0.4 is 35.8 Å². The first-order valence-corrected chi connectivity index (χ1v) is 21.9. The molecule has 304 valence electrons. The van der Waals surface area contributed by atoms with Gasteiger partial charge in [0.05, 0.1) is 17.1 Å². The summed E-state index contributed by atoms with van der Waals surface area (Å²) in [6, 6.07) is 78.5. The zero-order valence-electron chi connectivity index (χ0n) is 35.0. The third-order valence-electron chi connectivity index (χ3n) is 12.7. The average molecular weight is 833 g/mol. The van der Waals surface area contributed by atoms with E-state index in [4.69, 9.17) is 19.7 Å². The SMILES string of the molecule is c1ccc(-c2nc(-c3ccccc3)nc(-c3ccc(N4c5ccccc5Oc5c4cc4c6c5N(c5ccccc5)c5ccccc5B6c5ccccc5N4c4ccccc4)cc3)n2)cc1. The molecule has 10 aromatic rings. The normalized spacial score (nSPS) is 12.9. The van der Waals surface area contributed by atoms with E-state index < -0.39 is 0 Å². The Kier molecular flexibility index (Phi) is 8.49. The van der Waals surface area contributed by atoms with Crippen molar-refractivity contribution in [3.63, 3.8) is 0 Å². The van der Waals surface area contributed by atoms with E-state index in [9.17, 15) is 0 Å². The highest BCUT2D eigenvalue weighted by Gasteiger charge is 2.47. The van der Waals surface area contributed by atoms with Crippen LogP contribution in [0.25, 0.3) is 34.2 Å². The molecule has 0 amide bonds. The van der Waals surface area contributed by atoms with Gasteiger partial charge in [-0.2, -0.15) is 0 Å². The Labute approximate surface area is 377 Å². The first kappa shape index (κ1) is 36.9. The van der Waals surface area contributed by atoms with Gasteiger partial charge in [-0.25, -0.2) is 15.0 Å². The smallest absolute Gasteiger partial charge is 0.252 e. The summed E-state index contributed by atoms with van der Waals surface area (Å²) in [5, 5.41) is 0. The van der Waals surface area contributed by atoms with Crippen molar-refractivity contribution in [1.82, 2.24) is 15.0 Å². The van der Waals surface area contributed by atoms with E-state index in [1.54, 1.807) is 0 Å². The summed E-state index contributed by atoms with van der Waals surface area (Å²) in [6.07, 6.45) is 0. The molecule has 0 fully saturated rings. The Morgan fingerprint density at radius 3 is 1.32 bits per heavy atom. The Balaban J connectivity index is 1.05. The lowest BCUT2D eigenvalue weighted by atomic mass is 9.33. The summed E-state index contributed by atoms with van der Waals surface area (Å²) in [5.74, 6) is 3.42. The molecule has 7 nitrogen and oxygen atoms in total. The summed E-state index contributed by atoms with van der Waals surface area (Å²) in [7, 11) is 0. The number of aromatic nitrogens is 3. The van der Waals surface area contributed by atoms with Crippen molar-refractivity contribution < 1.29 is 4.74 Å². The molecule has 65 heavy (non-hydrogen) atoms. The summed E-state index contributed by atoms with van der Waals surface area (Å²) in [5.41, 5.74) is 15.8. The first-order chi connectivity index (χ1) is 32.3. The fourth-order valence-corrected chi connectivity index (χ4v) is 9.84. The Hall–Kier alpha value is -8.75. The molecule has 8 heteroatoms. The number of benzene rings is 9. The largest absolute Gasteiger partial charge is 0.451 e. The van der Waals surface area contributed by atoms with Crippen molar-refractivity contribution in [1.29, 1.82) is 0 Å². The van der Waals surface area contributed by atoms with Crippen LogP contribution in [0.5, 0.6) is 11.5 Å². The number of hydrogen-bond donors (Lipinski definition) is 0. The molecular weight excluding hydrogens is 795 g/mol. The fraction of sp³-hybridized carbons (Fsp3) is 0. The summed E-state index contributed by atoms with van der Waals surface area (Å²) in [6.45, 7) is -0.0481. The van der Waals surface area contributed by atoms with Crippen LogP contribution in [0.3, 0.4) is 0 Å². The van der Waals surface area contributed by atoms with E-state index >= 15 is 0 Å². The van der Waals surface area contributed by atoms with E-state index in [-0.39, 0.29) is 6.71 Å². The average Bonchev–Trinajstić information content (AvgIpc) is 3.39. The van der Waals surface area contributed by atoms with Gasteiger partial charge in [0.2, 0.25) is 0 Å². The molecule has 0 aliphatic carbocycles. The van der Waals surface area contributed by atoms with Crippen molar-refractivity contribution in [2.75, 3.05) is 14.7 Å². The summed E-state index contributed by atoms with van der Waals surface area (Å²) in [4.78, 5) is 22.2. The second kappa shape index (κ2) is 15.0. The van der Waals surface area contributed by atoms with Gasteiger partial charge in [0.25, 0.3) is 6.71 Å². The molecule has 3 aliphatic rings. The number of ether oxygens (including phenoxy) is 1. The van der Waals surface area contributed by atoms with E-state index in [0.29, 0.717) is 17.5 Å². The quantitative estimate of drug-likeness (QED) is 0.155. The Bertz CT molecular complexity index is 3360. The molecule has 0 N–H and O–H groups in total. The first-order valence-electron chi connectivity index (χ1n) is 21.9. The number of nitrogens with zero attached hydrogens (tertiary/aromatic N) is 6. The number of fused-ring (bicyclic) bond motifs is 7. The van der Waals surface area contributed by atoms with Gasteiger partial charge in [-0.15, -0.1) is 0 Å². The third kappa shape index (κ3) is 5.95. The molecule has 0 spiro atoms. The highest BCUT2D eigenvalue weighted by Crippen LogP contribution is 2.58. The molecule has 0 atom stereocenters. The Morgan fingerprint density at radius 2 is 0.754 bits per heavy atom. The highest BCUT2D eigenvalue weighted by molar-refractivity contribution is 7.00. The van der Waals surface area contributed by atoms with Gasteiger partial charge in [-0.1, -0.05) is 146 Å². The van der Waals surface area contributed by atoms with Crippen molar-refractivity contribution in [3.8, 4) is 45.7 Å². The standard InChI is InChI=1S/C57H37BN6O/c1-5-19-38(20-6-1)55-59-56(39-21-7-2-8-22-39)61-57(60-55)40-33-35-43(36-34-40)63-48-31-17-18-32-51(48)65-54-50(63)37-49-52-53(54)64(42-25-11-4-12-26-42)47-30-16-14-28-45(47)58(52)44-27-13-15-29-46(44)62(49)41-23-9-3-10-24-41/h1-37H. The van der Waals surface area contributed by atoms with Gasteiger partial charge in [0.15, 0.2) is 29.0 Å². The molecule has 9 aromatic carbocycles. The molecule has 4 heterocycles. The Morgan fingerprint density at radius 1 is 0.338 bits per heavy atom. The summed E-state index contributed by atoms with van der Waals surface area (Å²) >= 11 is 0. The van der Waals surface area contributed by atoms with Crippen LogP contribution in [0, 0.1) is 0 Å². The van der Waals surface area contributed by atoms with Crippen molar-refractivity contribution in [3.05, 3.63) is 224 Å². The predicted octanol–water partition coefficient (Wildman–Crippen LogP) is 12.5. The zero-order chi connectivity index (χ0) is 42.8. The van der Waals surface area contributed by atoms with Crippen LogP contribution in [0.4, 0.5) is 51.2 Å². The maximum Gasteiger partial charge on any atom is 0.252 e. The van der Waals surface area contributed by atoms with Gasteiger partial charge in [0, 0.05) is 50.8 Å². The van der Waals surface area contributed by atoms with E-state index in [1.165, 1.54) is 16.4 Å². The topological polar surface area (TPSA) is 57.6 Å². The number of anilines is 9. The van der Waals surface area contributed by atoms with Crippen LogP contribution in [0.2, 0.25) is 0 Å². The van der Waals surface area contributed by atoms with Crippen LogP contribution in [-0.4, -0.2) is 21.7 Å². The van der Waals surface area contributed by atoms with Crippen LogP contribution in [0.15, 0.2) is 224 Å². The molecule has 13 rings (SSSR count). The minimum absolute atomic E-state index is 0.0481. The van der Waals surface area contributed by atoms with Crippen LogP contribution >= 0.6 is 0 Å². The van der Waals surface area contributed by atoms with Gasteiger partial charge in [0.1, 0.15) is 0 Å². The van der Waals surface area contributed by atoms with E-state index in [2.05, 4.69) is 172 Å². The van der Waals surface area contributed by atoms with Crippen molar-refractivity contribution >= 4 is 74.3 Å². The maximum absolute atomic E-state index is 7.27. The molecule has 0 saturated carbocycles. The fourth-order valence-electron chi connectivity index (χ4n) is 9.84. The molecule has 3 aliphatic heterocycles. The minimum atomic E-state index is -0.0481. The van der Waals surface area contributed by atoms with Crippen molar-refractivity contribution in [2.45, 2.75) is 0 Å². The molecule has 0 saturated heterocycles. The number of para-hydroxylation sites is 6. The highest BCUT2D eigenvalue weighted by atomic mass is 16.5.